The van der Waals surface area contributed by atoms with Crippen molar-refractivity contribution < 1.29 is 4.79 Å². The number of hydrogen-bond donors (Lipinski definition) is 0. The van der Waals surface area contributed by atoms with Gasteiger partial charge in [-0.05, 0) is 22.4 Å². The number of piperidine rings is 1. The van der Waals surface area contributed by atoms with Gasteiger partial charge in [-0.25, -0.2) is 0 Å². The topological polar surface area (TPSA) is 20.3 Å². The van der Waals surface area contributed by atoms with Gasteiger partial charge in [-0.3, -0.25) is 9.69 Å². The van der Waals surface area contributed by atoms with E-state index < -0.39 is 0 Å². The Balaban J connectivity index is 1.78. The molecule has 0 bridgehead atoms. The first-order valence-electron chi connectivity index (χ1n) is 6.02. The zero-order valence-corrected chi connectivity index (χ0v) is 10.5. The SMILES string of the molecule is O=C1CCN(Cc2csc3ccccc23)CC1. The lowest BCUT2D eigenvalue weighted by Gasteiger charge is -2.25. The molecule has 0 aliphatic carbocycles. The van der Waals surface area contributed by atoms with Gasteiger partial charge >= 0.3 is 0 Å². The second kappa shape index (κ2) is 4.59. The lowest BCUT2D eigenvalue weighted by atomic mass is 10.1. The summed E-state index contributed by atoms with van der Waals surface area (Å²) >= 11 is 1.81. The standard InChI is InChI=1S/C14H15NOS/c16-12-5-7-15(8-6-12)9-11-10-17-14-4-2-1-3-13(11)14/h1-4,10H,5-9H2. The number of nitrogens with zero attached hydrogens (tertiary/aromatic N) is 1. The molecule has 2 heterocycles. The number of thiophene rings is 1. The van der Waals surface area contributed by atoms with Crippen LogP contribution in [0.15, 0.2) is 29.6 Å². The minimum atomic E-state index is 0.413. The molecule has 17 heavy (non-hydrogen) atoms. The van der Waals surface area contributed by atoms with Crippen LogP contribution in [0.4, 0.5) is 0 Å². The van der Waals surface area contributed by atoms with Gasteiger partial charge in [0.05, 0.1) is 0 Å². The first kappa shape index (κ1) is 10.9. The maximum absolute atomic E-state index is 11.2. The van der Waals surface area contributed by atoms with E-state index in [1.807, 2.05) is 11.3 Å². The van der Waals surface area contributed by atoms with Gasteiger partial charge in [-0.2, -0.15) is 0 Å². The molecule has 2 aromatic rings. The average Bonchev–Trinajstić information content (AvgIpc) is 2.76. The molecule has 0 spiro atoms. The van der Waals surface area contributed by atoms with E-state index in [2.05, 4.69) is 34.5 Å². The maximum atomic E-state index is 11.2. The van der Waals surface area contributed by atoms with Gasteiger partial charge < -0.3 is 0 Å². The van der Waals surface area contributed by atoms with E-state index in [0.29, 0.717) is 5.78 Å². The minimum Gasteiger partial charge on any atom is -0.300 e. The highest BCUT2D eigenvalue weighted by Gasteiger charge is 2.17. The number of ketones is 1. The van der Waals surface area contributed by atoms with Crippen molar-refractivity contribution in [1.29, 1.82) is 0 Å². The van der Waals surface area contributed by atoms with E-state index in [9.17, 15) is 4.79 Å². The maximum Gasteiger partial charge on any atom is 0.135 e. The van der Waals surface area contributed by atoms with Crippen LogP contribution in [0.5, 0.6) is 0 Å². The van der Waals surface area contributed by atoms with Gasteiger partial charge in [0, 0.05) is 37.2 Å². The van der Waals surface area contributed by atoms with Crippen molar-refractivity contribution in [3.8, 4) is 0 Å². The van der Waals surface area contributed by atoms with Crippen LogP contribution in [0.1, 0.15) is 18.4 Å². The molecule has 1 aliphatic heterocycles. The number of hydrogen-bond acceptors (Lipinski definition) is 3. The molecule has 0 saturated carbocycles. The van der Waals surface area contributed by atoms with Crippen molar-refractivity contribution in [2.24, 2.45) is 0 Å². The lowest BCUT2D eigenvalue weighted by molar-refractivity contribution is -0.121. The number of benzene rings is 1. The van der Waals surface area contributed by atoms with E-state index in [4.69, 9.17) is 0 Å². The smallest absolute Gasteiger partial charge is 0.135 e. The van der Waals surface area contributed by atoms with Crippen LogP contribution in [0.25, 0.3) is 10.1 Å². The van der Waals surface area contributed by atoms with E-state index in [0.717, 1.165) is 32.5 Å². The summed E-state index contributed by atoms with van der Waals surface area (Å²) in [7, 11) is 0. The van der Waals surface area contributed by atoms with Crippen LogP contribution < -0.4 is 0 Å². The van der Waals surface area contributed by atoms with E-state index in [1.165, 1.54) is 15.6 Å². The Morgan fingerprint density at radius 2 is 1.94 bits per heavy atom. The largest absolute Gasteiger partial charge is 0.300 e. The summed E-state index contributed by atoms with van der Waals surface area (Å²) in [5.74, 6) is 0.413. The predicted octanol–water partition coefficient (Wildman–Crippen LogP) is 3.07. The fourth-order valence-electron chi connectivity index (χ4n) is 2.36. The Morgan fingerprint density at radius 3 is 2.76 bits per heavy atom. The summed E-state index contributed by atoms with van der Waals surface area (Å²) in [4.78, 5) is 13.6. The van der Waals surface area contributed by atoms with Gasteiger partial charge in [0.2, 0.25) is 0 Å². The first-order chi connectivity index (χ1) is 8.33. The molecule has 1 saturated heterocycles. The zero-order chi connectivity index (χ0) is 11.7. The molecule has 0 N–H and O–H groups in total. The highest BCUT2D eigenvalue weighted by molar-refractivity contribution is 7.17. The lowest BCUT2D eigenvalue weighted by Crippen LogP contribution is -2.33. The number of carbonyl (C=O) groups excluding carboxylic acids is 1. The molecule has 2 nitrogen and oxygen atoms in total. The van der Waals surface area contributed by atoms with E-state index in [1.54, 1.807) is 0 Å². The van der Waals surface area contributed by atoms with Crippen LogP contribution in [-0.2, 0) is 11.3 Å². The van der Waals surface area contributed by atoms with Crippen molar-refractivity contribution in [1.82, 2.24) is 4.90 Å². The summed E-state index contributed by atoms with van der Waals surface area (Å²) in [5, 5.41) is 3.62. The third-order valence-corrected chi connectivity index (χ3v) is 4.38. The molecule has 0 atom stereocenters. The Hall–Kier alpha value is -1.19. The van der Waals surface area contributed by atoms with Gasteiger partial charge in [0.25, 0.3) is 0 Å². The van der Waals surface area contributed by atoms with E-state index in [-0.39, 0.29) is 0 Å². The van der Waals surface area contributed by atoms with Gasteiger partial charge in [0.15, 0.2) is 0 Å². The number of carbonyl (C=O) groups is 1. The normalized spacial score (nSPS) is 17.8. The van der Waals surface area contributed by atoms with E-state index >= 15 is 0 Å². The molecule has 88 valence electrons. The molecule has 1 aromatic carbocycles. The first-order valence-corrected chi connectivity index (χ1v) is 6.90. The number of rotatable bonds is 2. The number of Topliss-reactive ketones (excluding diaryl/α,β-unsaturated/α-hetero) is 1. The summed E-state index contributed by atoms with van der Waals surface area (Å²) in [6.07, 6.45) is 1.45. The van der Waals surface area contributed by atoms with Crippen molar-refractivity contribution in [2.45, 2.75) is 19.4 Å². The van der Waals surface area contributed by atoms with Crippen LogP contribution in [0.3, 0.4) is 0 Å². The van der Waals surface area contributed by atoms with Crippen LogP contribution in [0, 0.1) is 0 Å². The molecular formula is C14H15NOS. The summed E-state index contributed by atoms with van der Waals surface area (Å²) in [6.45, 7) is 2.82. The van der Waals surface area contributed by atoms with Crippen molar-refractivity contribution in [2.75, 3.05) is 13.1 Å². The van der Waals surface area contributed by atoms with Crippen LogP contribution in [0.2, 0.25) is 0 Å². The quantitative estimate of drug-likeness (QED) is 0.810. The Bertz CT molecular complexity index is 536. The van der Waals surface area contributed by atoms with Crippen molar-refractivity contribution >= 4 is 27.2 Å². The van der Waals surface area contributed by atoms with Gasteiger partial charge in [-0.15, -0.1) is 11.3 Å². The zero-order valence-electron chi connectivity index (χ0n) is 9.69. The van der Waals surface area contributed by atoms with Crippen LogP contribution >= 0.6 is 11.3 Å². The molecular weight excluding hydrogens is 230 g/mol. The fraction of sp³-hybridized carbons (Fsp3) is 0.357. The molecule has 0 unspecified atom stereocenters. The summed E-state index contributed by atoms with van der Waals surface area (Å²) in [6, 6.07) is 8.54. The molecule has 0 radical (unpaired) electrons. The molecule has 0 amide bonds. The minimum absolute atomic E-state index is 0.413. The van der Waals surface area contributed by atoms with Crippen molar-refractivity contribution in [3.63, 3.8) is 0 Å². The monoisotopic (exact) mass is 245 g/mol. The molecule has 1 aromatic heterocycles. The highest BCUT2D eigenvalue weighted by Crippen LogP contribution is 2.27. The second-order valence-electron chi connectivity index (χ2n) is 4.57. The van der Waals surface area contributed by atoms with Gasteiger partial charge in [-0.1, -0.05) is 18.2 Å². The second-order valence-corrected chi connectivity index (χ2v) is 5.48. The molecule has 1 fully saturated rings. The molecule has 1 aliphatic rings. The van der Waals surface area contributed by atoms with Gasteiger partial charge in [0.1, 0.15) is 5.78 Å². The predicted molar refractivity (Wildman–Crippen MR) is 71.3 cm³/mol. The Labute approximate surface area is 105 Å². The third-order valence-electron chi connectivity index (χ3n) is 3.37. The average molecular weight is 245 g/mol. The summed E-state index contributed by atoms with van der Waals surface area (Å²) in [5.41, 5.74) is 1.40. The summed E-state index contributed by atoms with van der Waals surface area (Å²) < 4.78 is 1.36. The Kier molecular flexibility index (Phi) is 2.95. The molecule has 3 rings (SSSR count). The Morgan fingerprint density at radius 1 is 1.18 bits per heavy atom. The molecule has 3 heteroatoms. The third kappa shape index (κ3) is 2.26. The fourth-order valence-corrected chi connectivity index (χ4v) is 3.31. The van der Waals surface area contributed by atoms with Crippen LogP contribution in [-0.4, -0.2) is 23.8 Å². The van der Waals surface area contributed by atoms with Crippen molar-refractivity contribution in [3.05, 3.63) is 35.2 Å². The number of fused-ring (bicyclic) bond motifs is 1. The number of likely N-dealkylation sites (tertiary alicyclic amines) is 1. The highest BCUT2D eigenvalue weighted by atomic mass is 32.1.